The van der Waals surface area contributed by atoms with Gasteiger partial charge >= 0.3 is 0 Å². The van der Waals surface area contributed by atoms with E-state index in [1.165, 1.54) is 13.8 Å². The number of rotatable bonds is 1. The van der Waals surface area contributed by atoms with Gasteiger partial charge in [-0.05, 0) is 62.2 Å². The van der Waals surface area contributed by atoms with Crippen LogP contribution < -0.4 is 0 Å². The summed E-state index contributed by atoms with van der Waals surface area (Å²) in [6.45, 7) is -0.323. The highest BCUT2D eigenvalue weighted by Crippen LogP contribution is 2.66. The number of aliphatic hydroxyl groups is 1. The molecule has 4 rings (SSSR count). The quantitative estimate of drug-likeness (QED) is 0.786. The molecule has 25 heavy (non-hydrogen) atoms. The molecule has 6 atom stereocenters. The second-order valence-corrected chi connectivity index (χ2v) is 8.27. The second kappa shape index (κ2) is 5.12. The van der Waals surface area contributed by atoms with Crippen LogP contribution in [0.4, 0.5) is 0 Å². The summed E-state index contributed by atoms with van der Waals surface area (Å²) < 4.78 is 74.0. The average Bonchev–Trinajstić information content (AvgIpc) is 2.92. The Bertz CT molecular complexity index is 1050. The average molecular weight is 354 g/mol. The first-order valence-corrected chi connectivity index (χ1v) is 8.68. The Hall–Kier alpha value is -1.29. The smallest absolute Gasteiger partial charge is 0.161 e. The molecule has 0 aromatic rings. The van der Waals surface area contributed by atoms with Crippen molar-refractivity contribution in [3.63, 3.8) is 0 Å². The lowest BCUT2D eigenvalue weighted by Gasteiger charge is -2.57. The van der Waals surface area contributed by atoms with Crippen molar-refractivity contribution in [3.05, 3.63) is 11.6 Å². The first kappa shape index (κ1) is 9.59. The van der Waals surface area contributed by atoms with E-state index in [1.807, 2.05) is 0 Å². The third-order valence-corrected chi connectivity index (χ3v) is 7.13. The van der Waals surface area contributed by atoms with Crippen LogP contribution in [-0.4, -0.2) is 28.1 Å². The van der Waals surface area contributed by atoms with Gasteiger partial charge in [0.25, 0.3) is 0 Å². The zero-order chi connectivity index (χ0) is 26.1. The third kappa shape index (κ3) is 2.00. The van der Waals surface area contributed by atoms with Gasteiger partial charge in [-0.3, -0.25) is 14.4 Å². The lowest BCUT2D eigenvalue weighted by Crippen LogP contribution is -2.60. The lowest BCUT2D eigenvalue weighted by atomic mass is 9.46. The van der Waals surface area contributed by atoms with Crippen LogP contribution in [0.25, 0.3) is 0 Å². The van der Waals surface area contributed by atoms with Gasteiger partial charge in [-0.2, -0.15) is 0 Å². The number of carbonyl (C=O) groups is 3. The normalized spacial score (nSPS) is 62.3. The maximum absolute atomic E-state index is 13.8. The molecule has 0 saturated heterocycles. The molecule has 0 amide bonds. The molecule has 0 spiro atoms. The Balaban J connectivity index is 1.93. The van der Waals surface area contributed by atoms with Crippen LogP contribution in [0.1, 0.15) is 77.9 Å². The van der Waals surface area contributed by atoms with Crippen molar-refractivity contribution in [2.75, 3.05) is 0 Å². The molecule has 3 saturated carbocycles. The molecule has 3 fully saturated rings. The number of ketones is 3. The monoisotopic (exact) mass is 353 g/mol. The van der Waals surface area contributed by atoms with Gasteiger partial charge in [0.05, 0.1) is 1.37 Å². The largest absolute Gasteiger partial charge is 0.381 e. The minimum atomic E-state index is -3.12. The van der Waals surface area contributed by atoms with E-state index in [9.17, 15) is 20.9 Å². The van der Waals surface area contributed by atoms with Crippen LogP contribution in [0.5, 0.6) is 0 Å². The predicted octanol–water partition coefficient (Wildman–Crippen LogP) is 3.02. The number of fused-ring (bicyclic) bond motifs is 5. The number of carbonyl (C=O) groups excluding carboxylic acids is 3. The van der Waals surface area contributed by atoms with Crippen molar-refractivity contribution in [2.24, 2.45) is 28.6 Å². The molecule has 1 N–H and O–H groups in total. The van der Waals surface area contributed by atoms with Gasteiger partial charge in [-0.15, -0.1) is 0 Å². The summed E-state index contributed by atoms with van der Waals surface area (Å²) in [4.78, 5) is 39.1. The molecule has 0 heterocycles. The van der Waals surface area contributed by atoms with Crippen LogP contribution in [0.15, 0.2) is 11.6 Å². The Morgan fingerprint density at radius 1 is 1.36 bits per heavy atom. The van der Waals surface area contributed by atoms with E-state index in [2.05, 4.69) is 0 Å². The maximum atomic E-state index is 13.8. The molecular weight excluding hydrogens is 316 g/mol. The van der Waals surface area contributed by atoms with Crippen LogP contribution in [0, 0.1) is 28.6 Å². The summed E-state index contributed by atoms with van der Waals surface area (Å²) >= 11 is 0. The highest BCUT2D eigenvalue weighted by molar-refractivity contribution is 5.94. The molecule has 0 aliphatic heterocycles. The topological polar surface area (TPSA) is 71.4 Å². The Kier molecular flexibility index (Phi) is 1.96. The van der Waals surface area contributed by atoms with Crippen molar-refractivity contribution in [1.29, 1.82) is 0 Å². The Morgan fingerprint density at radius 2 is 2.12 bits per heavy atom. The van der Waals surface area contributed by atoms with Gasteiger partial charge in [0.15, 0.2) is 11.6 Å². The van der Waals surface area contributed by atoms with Crippen LogP contribution in [-0.2, 0) is 14.4 Å². The summed E-state index contributed by atoms with van der Waals surface area (Å²) in [5, 5.41) is 11.4. The molecular formula is C21H28O4. The summed E-state index contributed by atoms with van der Waals surface area (Å²) in [6.07, 6.45) is -6.68. The molecule has 136 valence electrons. The zero-order valence-corrected chi connectivity index (χ0v) is 14.4. The molecule has 0 aromatic heterocycles. The molecule has 4 aliphatic carbocycles. The molecule has 0 bridgehead atoms. The maximum Gasteiger partial charge on any atom is 0.161 e. The number of allylic oxidation sites excluding steroid dienone is 1. The minimum Gasteiger partial charge on any atom is -0.381 e. The number of hydrogen-bond acceptors (Lipinski definition) is 4. The van der Waals surface area contributed by atoms with E-state index >= 15 is 0 Å². The highest BCUT2D eigenvalue weighted by atomic mass is 16.3. The van der Waals surface area contributed by atoms with Gasteiger partial charge in [0.1, 0.15) is 11.4 Å². The summed E-state index contributed by atoms with van der Waals surface area (Å²) in [5.41, 5.74) is -6.08. The van der Waals surface area contributed by atoms with Crippen LogP contribution in [0.3, 0.4) is 0 Å². The molecule has 4 nitrogen and oxygen atoms in total. The molecule has 0 radical (unpaired) electrons. The molecule has 4 aliphatic rings. The predicted molar refractivity (Wildman–Crippen MR) is 92.7 cm³/mol. The van der Waals surface area contributed by atoms with E-state index < -0.39 is 96.4 Å². The van der Waals surface area contributed by atoms with E-state index in [1.54, 1.807) is 0 Å². The Labute approximate surface area is 161 Å². The van der Waals surface area contributed by atoms with E-state index in [-0.39, 0.29) is 18.4 Å². The third-order valence-electron chi connectivity index (χ3n) is 7.13. The minimum absolute atomic E-state index is 0.0815. The van der Waals surface area contributed by atoms with Gasteiger partial charge in [-0.1, -0.05) is 19.4 Å². The van der Waals surface area contributed by atoms with Crippen molar-refractivity contribution < 1.29 is 31.8 Å². The summed E-state index contributed by atoms with van der Waals surface area (Å²) in [6, 6.07) is -0.851. The number of hydrogen-bond donors (Lipinski definition) is 1. The highest BCUT2D eigenvalue weighted by Gasteiger charge is 2.67. The first-order chi connectivity index (χ1) is 15.1. The fourth-order valence-electron chi connectivity index (χ4n) is 5.69. The molecule has 4 unspecified atom stereocenters. The van der Waals surface area contributed by atoms with Crippen LogP contribution >= 0.6 is 0 Å². The zero-order valence-electron chi connectivity index (χ0n) is 23.4. The SMILES string of the molecule is [2H]C1=C2C([2H])([2H])CC3C4CC[C@](O)(C(=O)C([2H])([2H])[2H])C4(C)CC(=O)[C@]3([2H])C2(C)CC([2H])([2H])C1=O. The van der Waals surface area contributed by atoms with Gasteiger partial charge < -0.3 is 5.11 Å². The van der Waals surface area contributed by atoms with E-state index in [0.29, 0.717) is 0 Å². The number of Topliss-reactive ketones (excluding diaryl/α,β-unsaturated/α-hetero) is 2. The summed E-state index contributed by atoms with van der Waals surface area (Å²) in [7, 11) is 0. The first-order valence-electron chi connectivity index (χ1n) is 13.2. The summed E-state index contributed by atoms with van der Waals surface area (Å²) in [5.74, 6) is -7.31. The van der Waals surface area contributed by atoms with Gasteiger partial charge in [0.2, 0.25) is 0 Å². The van der Waals surface area contributed by atoms with Crippen LogP contribution in [0.2, 0.25) is 0 Å². The van der Waals surface area contributed by atoms with E-state index in [0.717, 1.165) is 0 Å². The van der Waals surface area contributed by atoms with Gasteiger partial charge in [0, 0.05) is 35.1 Å². The van der Waals surface area contributed by atoms with E-state index in [4.69, 9.17) is 11.0 Å². The second-order valence-electron chi connectivity index (χ2n) is 8.27. The molecule has 0 aromatic carbocycles. The van der Waals surface area contributed by atoms with Gasteiger partial charge in [-0.25, -0.2) is 0 Å². The molecule has 4 heteroatoms. The standard InChI is InChI=1S/C21H28O4/c1-12(22)21(25)9-7-16-15-5-4-13-10-14(23)6-8-19(13,2)18(15)17(24)11-20(16,21)3/h10,15-16,18,25H,4-9,11H2,1-3H3/t15?,16?,18-,19?,20?,21+/m1/s1/i1D3,4D2,6D2,10D,18D. The Morgan fingerprint density at radius 3 is 2.84 bits per heavy atom. The fourth-order valence-corrected chi connectivity index (χ4v) is 5.69. The van der Waals surface area contributed by atoms with Crippen molar-refractivity contribution in [3.8, 4) is 0 Å². The lowest BCUT2D eigenvalue weighted by molar-refractivity contribution is -0.167. The van der Waals surface area contributed by atoms with Crippen molar-refractivity contribution >= 4 is 17.3 Å². The van der Waals surface area contributed by atoms with Crippen molar-refractivity contribution in [2.45, 2.75) is 71.2 Å². The van der Waals surface area contributed by atoms with Crippen molar-refractivity contribution in [1.82, 2.24) is 0 Å². The fraction of sp³-hybridized carbons (Fsp3) is 0.762.